The van der Waals surface area contributed by atoms with Crippen molar-refractivity contribution >= 4 is 40.7 Å². The predicted molar refractivity (Wildman–Crippen MR) is 106 cm³/mol. The highest BCUT2D eigenvalue weighted by Crippen LogP contribution is 2.34. The molecule has 0 unspecified atom stereocenters. The van der Waals surface area contributed by atoms with Crippen LogP contribution < -0.4 is 10.6 Å². The van der Waals surface area contributed by atoms with Gasteiger partial charge in [-0.05, 0) is 30.9 Å². The van der Waals surface area contributed by atoms with Gasteiger partial charge in [0.05, 0.1) is 21.3 Å². The second kappa shape index (κ2) is 9.17. The molecule has 0 spiro atoms. The van der Waals surface area contributed by atoms with Gasteiger partial charge in [0.15, 0.2) is 5.69 Å². The van der Waals surface area contributed by atoms with Gasteiger partial charge in [-0.15, -0.1) is 0 Å². The summed E-state index contributed by atoms with van der Waals surface area (Å²) in [6.45, 7) is 0.342. The zero-order valence-corrected chi connectivity index (χ0v) is 16.8. The van der Waals surface area contributed by atoms with Crippen LogP contribution in [-0.4, -0.2) is 22.4 Å². The Morgan fingerprint density at radius 1 is 1.17 bits per heavy atom. The largest absolute Gasteiger partial charge is 0.434 e. The van der Waals surface area contributed by atoms with E-state index in [1.54, 1.807) is 6.07 Å². The summed E-state index contributed by atoms with van der Waals surface area (Å²) in [5.41, 5.74) is -1.67. The van der Waals surface area contributed by atoms with Crippen LogP contribution in [0.5, 0.6) is 0 Å². The lowest BCUT2D eigenvalue weighted by atomic mass is 9.89. The third kappa shape index (κ3) is 5.51. The third-order valence-electron chi connectivity index (χ3n) is 4.78. The maximum absolute atomic E-state index is 13.5. The molecule has 1 saturated carbocycles. The summed E-state index contributed by atoms with van der Waals surface area (Å²) in [5, 5.41) is 5.55. The smallest absolute Gasteiger partial charge is 0.352 e. The van der Waals surface area contributed by atoms with Crippen LogP contribution in [0.1, 0.15) is 48.2 Å². The van der Waals surface area contributed by atoms with E-state index in [1.807, 2.05) is 0 Å². The molecule has 10 heteroatoms. The normalized spacial score (nSPS) is 15.2. The van der Waals surface area contributed by atoms with Gasteiger partial charge in [-0.3, -0.25) is 4.79 Å². The molecule has 3 rings (SSSR count). The second-order valence-electron chi connectivity index (χ2n) is 6.89. The molecular formula is C19H19Cl2F3N4O. The molecule has 1 amide bonds. The fourth-order valence-electron chi connectivity index (χ4n) is 3.27. The van der Waals surface area contributed by atoms with Gasteiger partial charge in [-0.25, -0.2) is 9.97 Å². The number of nitrogens with zero attached hydrogens (tertiary/aromatic N) is 2. The van der Waals surface area contributed by atoms with Crippen LogP contribution >= 0.6 is 23.2 Å². The van der Waals surface area contributed by atoms with E-state index in [0.29, 0.717) is 6.54 Å². The summed E-state index contributed by atoms with van der Waals surface area (Å²) in [5.74, 6) is -0.894. The maximum Gasteiger partial charge on any atom is 0.434 e. The van der Waals surface area contributed by atoms with Gasteiger partial charge in [0, 0.05) is 12.7 Å². The number of anilines is 2. The number of alkyl halides is 3. The first-order chi connectivity index (χ1) is 13.8. The summed E-state index contributed by atoms with van der Waals surface area (Å²) < 4.78 is 40.6. The molecule has 1 aromatic carbocycles. The lowest BCUT2D eigenvalue weighted by molar-refractivity contribution is -0.141. The second-order valence-corrected chi connectivity index (χ2v) is 7.68. The molecule has 2 N–H and O–H groups in total. The molecule has 29 heavy (non-hydrogen) atoms. The van der Waals surface area contributed by atoms with E-state index in [9.17, 15) is 18.0 Å². The van der Waals surface area contributed by atoms with Crippen molar-refractivity contribution in [3.8, 4) is 0 Å². The van der Waals surface area contributed by atoms with Crippen molar-refractivity contribution in [3.05, 3.63) is 45.7 Å². The molecule has 156 valence electrons. The van der Waals surface area contributed by atoms with Crippen molar-refractivity contribution in [1.82, 2.24) is 15.3 Å². The number of hydrogen-bond donors (Lipinski definition) is 2. The number of hydrogen-bond acceptors (Lipinski definition) is 4. The molecule has 0 bridgehead atoms. The van der Waals surface area contributed by atoms with Crippen LogP contribution in [0.3, 0.4) is 0 Å². The Morgan fingerprint density at radius 3 is 2.59 bits per heavy atom. The van der Waals surface area contributed by atoms with Crippen molar-refractivity contribution in [2.75, 3.05) is 11.9 Å². The van der Waals surface area contributed by atoms with Crippen molar-refractivity contribution in [3.63, 3.8) is 0 Å². The monoisotopic (exact) mass is 446 g/mol. The lowest BCUT2D eigenvalue weighted by Crippen LogP contribution is -2.32. The van der Waals surface area contributed by atoms with Gasteiger partial charge in [-0.2, -0.15) is 13.2 Å². The van der Waals surface area contributed by atoms with Crippen LogP contribution in [0.4, 0.5) is 24.8 Å². The van der Waals surface area contributed by atoms with E-state index >= 15 is 0 Å². The lowest BCUT2D eigenvalue weighted by Gasteiger charge is -2.22. The van der Waals surface area contributed by atoms with E-state index in [0.717, 1.165) is 38.3 Å². The molecule has 0 saturated heterocycles. The highest BCUT2D eigenvalue weighted by molar-refractivity contribution is 6.43. The van der Waals surface area contributed by atoms with Crippen LogP contribution in [0.25, 0.3) is 0 Å². The number of carbonyl (C=O) groups is 1. The molecule has 1 heterocycles. The predicted octanol–water partition coefficient (Wildman–Crippen LogP) is 5.86. The molecule has 1 aliphatic rings. The van der Waals surface area contributed by atoms with Gasteiger partial charge in [0.1, 0.15) is 0 Å². The molecular weight excluding hydrogens is 428 g/mol. The molecule has 1 fully saturated rings. The Labute approximate surface area is 176 Å². The van der Waals surface area contributed by atoms with E-state index in [1.165, 1.54) is 12.1 Å². The number of amides is 1. The SMILES string of the molecule is O=C(NCC1CCCCC1)c1cnc(Nc2cccc(Cl)c2Cl)nc1C(F)(F)F. The van der Waals surface area contributed by atoms with Crippen molar-refractivity contribution in [2.24, 2.45) is 5.92 Å². The molecule has 2 aromatic rings. The summed E-state index contributed by atoms with van der Waals surface area (Å²) in [7, 11) is 0. The van der Waals surface area contributed by atoms with Gasteiger partial charge in [-0.1, -0.05) is 48.5 Å². The van der Waals surface area contributed by atoms with Crippen molar-refractivity contribution < 1.29 is 18.0 Å². The van der Waals surface area contributed by atoms with Crippen LogP contribution in [0.2, 0.25) is 10.0 Å². The summed E-state index contributed by atoms with van der Waals surface area (Å²) in [4.78, 5) is 19.7. The van der Waals surface area contributed by atoms with Crippen LogP contribution in [-0.2, 0) is 6.18 Å². The Morgan fingerprint density at radius 2 is 1.90 bits per heavy atom. The van der Waals surface area contributed by atoms with Crippen LogP contribution in [0, 0.1) is 5.92 Å². The first-order valence-electron chi connectivity index (χ1n) is 9.19. The Kier molecular flexibility index (Phi) is 6.85. The van der Waals surface area contributed by atoms with E-state index in [-0.39, 0.29) is 27.6 Å². The first kappa shape index (κ1) is 21.6. The average molecular weight is 447 g/mol. The minimum absolute atomic E-state index is 0.126. The Bertz CT molecular complexity index is 886. The molecule has 1 aliphatic carbocycles. The van der Waals surface area contributed by atoms with Crippen LogP contribution in [0.15, 0.2) is 24.4 Å². The molecule has 1 aromatic heterocycles. The quantitative estimate of drug-likeness (QED) is 0.603. The van der Waals surface area contributed by atoms with Gasteiger partial charge >= 0.3 is 6.18 Å². The summed E-state index contributed by atoms with van der Waals surface area (Å²) in [6, 6.07) is 4.64. The molecule has 5 nitrogen and oxygen atoms in total. The zero-order valence-electron chi connectivity index (χ0n) is 15.3. The topological polar surface area (TPSA) is 66.9 Å². The number of rotatable bonds is 5. The van der Waals surface area contributed by atoms with Gasteiger partial charge in [0.2, 0.25) is 5.95 Å². The Hall–Kier alpha value is -2.06. The third-order valence-corrected chi connectivity index (χ3v) is 5.59. The standard InChI is InChI=1S/C19H19Cl2F3N4O/c20-13-7-4-8-14(15(13)21)27-18-26-10-12(16(28-18)19(22,23)24)17(29)25-9-11-5-2-1-3-6-11/h4,7-8,10-11H,1-3,5-6,9H2,(H,25,29)(H,26,27,28). The average Bonchev–Trinajstić information content (AvgIpc) is 2.70. The molecule has 0 atom stereocenters. The van der Waals surface area contributed by atoms with Gasteiger partial charge < -0.3 is 10.6 Å². The highest BCUT2D eigenvalue weighted by atomic mass is 35.5. The summed E-state index contributed by atoms with van der Waals surface area (Å²) in [6.07, 6.45) is 1.27. The number of halogens is 5. The number of carbonyl (C=O) groups excluding carboxylic acids is 1. The molecule has 0 aliphatic heterocycles. The van der Waals surface area contributed by atoms with Gasteiger partial charge in [0.25, 0.3) is 5.91 Å². The van der Waals surface area contributed by atoms with E-state index in [2.05, 4.69) is 20.6 Å². The Balaban J connectivity index is 1.80. The zero-order chi connectivity index (χ0) is 21.0. The fraction of sp³-hybridized carbons (Fsp3) is 0.421. The number of aromatic nitrogens is 2. The molecule has 0 radical (unpaired) electrons. The first-order valence-corrected chi connectivity index (χ1v) is 9.94. The summed E-state index contributed by atoms with van der Waals surface area (Å²) >= 11 is 11.9. The van der Waals surface area contributed by atoms with E-state index < -0.39 is 23.3 Å². The minimum Gasteiger partial charge on any atom is -0.352 e. The number of nitrogens with one attached hydrogen (secondary N) is 2. The highest BCUT2D eigenvalue weighted by Gasteiger charge is 2.38. The minimum atomic E-state index is -4.82. The fourth-order valence-corrected chi connectivity index (χ4v) is 3.62. The number of benzene rings is 1. The maximum atomic E-state index is 13.5. The van der Waals surface area contributed by atoms with Crippen molar-refractivity contribution in [2.45, 2.75) is 38.3 Å². The van der Waals surface area contributed by atoms with E-state index in [4.69, 9.17) is 23.2 Å². The van der Waals surface area contributed by atoms with Crippen molar-refractivity contribution in [1.29, 1.82) is 0 Å².